The third kappa shape index (κ3) is 1.81. The average Bonchev–Trinajstić information content (AvgIpc) is 3.16. The van der Waals surface area contributed by atoms with Gasteiger partial charge in [0.05, 0.1) is 6.10 Å². The van der Waals surface area contributed by atoms with E-state index in [1.54, 1.807) is 7.11 Å². The highest BCUT2D eigenvalue weighted by Crippen LogP contribution is 2.41. The minimum atomic E-state index is -0.349. The van der Waals surface area contributed by atoms with Crippen molar-refractivity contribution in [3.8, 4) is 0 Å². The maximum Gasteiger partial charge on any atom is 0.346 e. The molecule has 2 unspecified atom stereocenters. The lowest BCUT2D eigenvalue weighted by atomic mass is 9.78. The van der Waals surface area contributed by atoms with Crippen LogP contribution >= 0.6 is 0 Å². The first-order valence-electron chi connectivity index (χ1n) is 6.85. The van der Waals surface area contributed by atoms with E-state index in [1.807, 2.05) is 4.90 Å². The fourth-order valence-electron chi connectivity index (χ4n) is 3.28. The summed E-state index contributed by atoms with van der Waals surface area (Å²) in [6.07, 6.45) is 6.49. The fourth-order valence-corrected chi connectivity index (χ4v) is 3.28. The van der Waals surface area contributed by atoms with Gasteiger partial charge in [0, 0.05) is 20.1 Å². The van der Waals surface area contributed by atoms with Crippen LogP contribution < -0.4 is 5.73 Å². The number of hydrogen-bond donors (Lipinski definition) is 1. The van der Waals surface area contributed by atoms with E-state index in [9.17, 15) is 4.79 Å². The Morgan fingerprint density at radius 1 is 1.50 bits per heavy atom. The molecule has 2 aliphatic carbocycles. The number of urea groups is 1. The van der Waals surface area contributed by atoms with Crippen molar-refractivity contribution in [1.82, 2.24) is 4.90 Å². The molecule has 0 aromatic rings. The lowest BCUT2D eigenvalue weighted by Gasteiger charge is -2.43. The maximum absolute atomic E-state index is 12.0. The molecule has 3 aliphatic rings. The third-order valence-corrected chi connectivity index (χ3v) is 4.59. The molecule has 18 heavy (non-hydrogen) atoms. The van der Waals surface area contributed by atoms with E-state index in [0.29, 0.717) is 11.8 Å². The highest BCUT2D eigenvalue weighted by atomic mass is 16.5. The molecule has 0 aromatic heterocycles. The smallest absolute Gasteiger partial charge is 0.346 e. The minimum Gasteiger partial charge on any atom is -0.385 e. The Morgan fingerprint density at radius 3 is 2.94 bits per heavy atom. The van der Waals surface area contributed by atoms with E-state index in [1.165, 1.54) is 12.8 Å². The number of carbonyl (C=O) groups excluding carboxylic acids is 1. The Labute approximate surface area is 107 Å². The lowest BCUT2D eigenvalue weighted by Crippen LogP contribution is -2.58. The zero-order chi connectivity index (χ0) is 12.8. The maximum atomic E-state index is 12.0. The van der Waals surface area contributed by atoms with E-state index in [0.717, 1.165) is 32.2 Å². The Bertz CT molecular complexity index is 392. The second kappa shape index (κ2) is 4.23. The topological polar surface area (TPSA) is 67.9 Å². The Kier molecular flexibility index (Phi) is 2.81. The first-order valence-corrected chi connectivity index (χ1v) is 6.85. The largest absolute Gasteiger partial charge is 0.385 e. The van der Waals surface area contributed by atoms with Gasteiger partial charge in [0.2, 0.25) is 0 Å². The van der Waals surface area contributed by atoms with Gasteiger partial charge < -0.3 is 15.4 Å². The van der Waals surface area contributed by atoms with Gasteiger partial charge in [-0.05, 0) is 38.0 Å². The molecule has 5 heteroatoms. The number of amides is 2. The van der Waals surface area contributed by atoms with Gasteiger partial charge in [-0.2, -0.15) is 4.99 Å². The van der Waals surface area contributed by atoms with Crippen molar-refractivity contribution in [3.05, 3.63) is 0 Å². The minimum absolute atomic E-state index is 0.142. The van der Waals surface area contributed by atoms with Crippen LogP contribution in [0.5, 0.6) is 0 Å². The molecule has 2 N–H and O–H groups in total. The molecule has 0 bridgehead atoms. The molecule has 0 radical (unpaired) electrons. The van der Waals surface area contributed by atoms with Gasteiger partial charge in [0.15, 0.2) is 0 Å². The molecule has 0 saturated heterocycles. The van der Waals surface area contributed by atoms with Crippen molar-refractivity contribution >= 4 is 11.9 Å². The molecular weight excluding hydrogens is 230 g/mol. The zero-order valence-corrected chi connectivity index (χ0v) is 10.9. The van der Waals surface area contributed by atoms with Crippen LogP contribution in [-0.2, 0) is 4.74 Å². The molecule has 1 aliphatic heterocycles. The molecule has 2 saturated carbocycles. The van der Waals surface area contributed by atoms with Crippen molar-refractivity contribution < 1.29 is 9.53 Å². The van der Waals surface area contributed by atoms with Crippen molar-refractivity contribution in [3.63, 3.8) is 0 Å². The quantitative estimate of drug-likeness (QED) is 0.826. The van der Waals surface area contributed by atoms with Crippen LogP contribution in [0.2, 0.25) is 0 Å². The SMILES string of the molecule is COC1CCCC2(C1)C(N)=NC(=O)N2CC1CC1. The molecule has 5 nitrogen and oxygen atoms in total. The molecule has 1 spiro atoms. The number of amidine groups is 1. The van der Waals surface area contributed by atoms with Crippen LogP contribution in [-0.4, -0.2) is 42.1 Å². The first-order chi connectivity index (χ1) is 8.65. The summed E-state index contributed by atoms with van der Waals surface area (Å²) in [5, 5.41) is 0. The Morgan fingerprint density at radius 2 is 2.28 bits per heavy atom. The van der Waals surface area contributed by atoms with Gasteiger partial charge in [0.25, 0.3) is 0 Å². The molecule has 0 aromatic carbocycles. The summed E-state index contributed by atoms with van der Waals surface area (Å²) >= 11 is 0. The number of aliphatic imine (C=N–C) groups is 1. The van der Waals surface area contributed by atoms with Gasteiger partial charge in [-0.25, -0.2) is 4.79 Å². The fraction of sp³-hybridized carbons (Fsp3) is 0.846. The van der Waals surface area contributed by atoms with Gasteiger partial charge in [0.1, 0.15) is 11.4 Å². The van der Waals surface area contributed by atoms with Crippen molar-refractivity contribution in [2.45, 2.75) is 50.2 Å². The second-order valence-corrected chi connectivity index (χ2v) is 5.82. The van der Waals surface area contributed by atoms with E-state index in [-0.39, 0.29) is 17.7 Å². The summed E-state index contributed by atoms with van der Waals surface area (Å²) in [7, 11) is 1.74. The third-order valence-electron chi connectivity index (χ3n) is 4.59. The number of carbonyl (C=O) groups is 1. The summed E-state index contributed by atoms with van der Waals surface area (Å²) in [4.78, 5) is 18.0. The van der Waals surface area contributed by atoms with Crippen molar-refractivity contribution in [2.75, 3.05) is 13.7 Å². The van der Waals surface area contributed by atoms with E-state index in [2.05, 4.69) is 4.99 Å². The zero-order valence-electron chi connectivity index (χ0n) is 10.9. The van der Waals surface area contributed by atoms with E-state index in [4.69, 9.17) is 10.5 Å². The average molecular weight is 251 g/mol. The Balaban J connectivity index is 1.84. The summed E-state index contributed by atoms with van der Waals surface area (Å²) < 4.78 is 5.48. The van der Waals surface area contributed by atoms with Crippen molar-refractivity contribution in [1.29, 1.82) is 0 Å². The first kappa shape index (κ1) is 12.0. The molecule has 100 valence electrons. The second-order valence-electron chi connectivity index (χ2n) is 5.82. The molecule has 3 rings (SSSR count). The number of nitrogens with zero attached hydrogens (tertiary/aromatic N) is 2. The van der Waals surface area contributed by atoms with Gasteiger partial charge in [-0.1, -0.05) is 0 Å². The van der Waals surface area contributed by atoms with Crippen LogP contribution in [0, 0.1) is 5.92 Å². The number of rotatable bonds is 3. The summed E-state index contributed by atoms with van der Waals surface area (Å²) in [6, 6.07) is -0.142. The monoisotopic (exact) mass is 251 g/mol. The van der Waals surface area contributed by atoms with Gasteiger partial charge in [-0.3, -0.25) is 0 Å². The number of hydrogen-bond acceptors (Lipinski definition) is 3. The standard InChI is InChI=1S/C13H21N3O2/c1-18-10-3-2-6-13(7-10)11(14)15-12(17)16(13)8-9-4-5-9/h9-10H,2-8H2,1H3,(H2,14,15,17). The molecular formula is C13H21N3O2. The summed E-state index contributed by atoms with van der Waals surface area (Å²) in [5.41, 5.74) is 5.72. The summed E-state index contributed by atoms with van der Waals surface area (Å²) in [6.45, 7) is 0.819. The van der Waals surface area contributed by atoms with Gasteiger partial charge >= 0.3 is 6.03 Å². The molecule has 1 heterocycles. The molecule has 2 atom stereocenters. The highest BCUT2D eigenvalue weighted by Gasteiger charge is 2.52. The number of nitrogens with two attached hydrogens (primary N) is 1. The predicted molar refractivity (Wildman–Crippen MR) is 68.4 cm³/mol. The highest BCUT2D eigenvalue weighted by molar-refractivity contribution is 6.05. The van der Waals surface area contributed by atoms with Crippen LogP contribution in [0.1, 0.15) is 38.5 Å². The summed E-state index contributed by atoms with van der Waals surface area (Å²) in [5.74, 6) is 1.17. The normalized spacial score (nSPS) is 36.3. The predicted octanol–water partition coefficient (Wildman–Crippen LogP) is 1.52. The van der Waals surface area contributed by atoms with Crippen LogP contribution in [0.25, 0.3) is 0 Å². The molecule has 2 fully saturated rings. The number of methoxy groups -OCH3 is 1. The van der Waals surface area contributed by atoms with Crippen LogP contribution in [0.15, 0.2) is 4.99 Å². The molecule has 2 amide bonds. The Hall–Kier alpha value is -1.10. The van der Waals surface area contributed by atoms with Crippen LogP contribution in [0.4, 0.5) is 4.79 Å². The van der Waals surface area contributed by atoms with Crippen molar-refractivity contribution in [2.24, 2.45) is 16.6 Å². The van der Waals surface area contributed by atoms with Crippen LogP contribution in [0.3, 0.4) is 0 Å². The van der Waals surface area contributed by atoms with E-state index < -0.39 is 0 Å². The lowest BCUT2D eigenvalue weighted by molar-refractivity contribution is 0.0217. The van der Waals surface area contributed by atoms with Gasteiger partial charge in [-0.15, -0.1) is 0 Å². The number of ether oxygens (including phenoxy) is 1. The van der Waals surface area contributed by atoms with E-state index >= 15 is 0 Å².